The van der Waals surface area contributed by atoms with Gasteiger partial charge in [0.15, 0.2) is 0 Å². The van der Waals surface area contributed by atoms with Crippen molar-refractivity contribution in [1.29, 1.82) is 0 Å². The zero-order chi connectivity index (χ0) is 27.9. The number of hydrogen-bond donors (Lipinski definition) is 2. The number of pyridine rings is 1. The van der Waals surface area contributed by atoms with Crippen molar-refractivity contribution in [2.24, 2.45) is 0 Å². The number of halogens is 2. The van der Waals surface area contributed by atoms with E-state index in [1.54, 1.807) is 47.5 Å². The van der Waals surface area contributed by atoms with Crippen LogP contribution in [0.25, 0.3) is 10.9 Å². The molecule has 8 nitrogen and oxygen atoms in total. The normalized spacial score (nSPS) is 14.2. The number of nitrogens with zero attached hydrogens (tertiary/aromatic N) is 3. The first-order chi connectivity index (χ1) is 18.4. The van der Waals surface area contributed by atoms with Gasteiger partial charge in [0.25, 0.3) is 5.91 Å². The lowest BCUT2D eigenvalue weighted by atomic mass is 10.1. The number of amides is 2. The predicted molar refractivity (Wildman–Crippen MR) is 148 cm³/mol. The second kappa shape index (κ2) is 9.96. The maximum atomic E-state index is 15.0. The number of rotatable bonds is 7. The van der Waals surface area contributed by atoms with Crippen molar-refractivity contribution in [3.8, 4) is 11.5 Å². The number of hydrogen-bond acceptors (Lipinski definition) is 5. The Balaban J connectivity index is 1.33. The fraction of sp³-hybridized carbons (Fsp3) is 0.310. The number of anilines is 1. The molecule has 1 fully saturated rings. The summed E-state index contributed by atoms with van der Waals surface area (Å²) in [5, 5.41) is 10.7. The molecule has 4 aromatic rings. The van der Waals surface area contributed by atoms with Gasteiger partial charge in [-0.05, 0) is 76.4 Å². The summed E-state index contributed by atoms with van der Waals surface area (Å²) in [7, 11) is 0. The van der Waals surface area contributed by atoms with E-state index >= 15 is 4.39 Å². The molecule has 202 valence electrons. The smallest absolute Gasteiger partial charge is 0.251 e. The Hall–Kier alpha value is -3.98. The maximum Gasteiger partial charge on any atom is 0.251 e. The average molecular weight is 550 g/mol. The molecule has 0 atom stereocenters. The summed E-state index contributed by atoms with van der Waals surface area (Å²) in [6.07, 6.45) is 6.51. The van der Waals surface area contributed by atoms with E-state index in [1.165, 1.54) is 6.07 Å². The zero-order valence-corrected chi connectivity index (χ0v) is 22.9. The van der Waals surface area contributed by atoms with E-state index in [-0.39, 0.29) is 39.7 Å². The van der Waals surface area contributed by atoms with Crippen LogP contribution in [0.2, 0.25) is 5.02 Å². The lowest BCUT2D eigenvalue weighted by Gasteiger charge is -2.18. The van der Waals surface area contributed by atoms with Gasteiger partial charge < -0.3 is 15.4 Å². The summed E-state index contributed by atoms with van der Waals surface area (Å²) in [6, 6.07) is 9.30. The van der Waals surface area contributed by atoms with Crippen LogP contribution in [0.4, 0.5) is 10.1 Å². The third-order valence-corrected chi connectivity index (χ3v) is 6.90. The molecule has 2 aromatic heterocycles. The Morgan fingerprint density at radius 2 is 1.92 bits per heavy atom. The summed E-state index contributed by atoms with van der Waals surface area (Å²) in [4.78, 5) is 29.6. The lowest BCUT2D eigenvalue weighted by Crippen LogP contribution is -2.34. The Bertz CT molecular complexity index is 1590. The number of benzene rings is 2. The highest BCUT2D eigenvalue weighted by Gasteiger charge is 2.38. The van der Waals surface area contributed by atoms with Crippen LogP contribution in [0.1, 0.15) is 56.5 Å². The number of ether oxygens (including phenoxy) is 1. The highest BCUT2D eigenvalue weighted by atomic mass is 35.5. The first kappa shape index (κ1) is 26.6. The molecule has 2 amide bonds. The van der Waals surface area contributed by atoms with E-state index in [2.05, 4.69) is 20.7 Å². The molecule has 0 radical (unpaired) electrons. The number of nitrogens with one attached hydrogen (secondary N) is 2. The molecule has 1 aliphatic rings. The Labute approximate surface area is 230 Å². The quantitative estimate of drug-likeness (QED) is 0.284. The minimum atomic E-state index is -0.633. The predicted octanol–water partition coefficient (Wildman–Crippen LogP) is 6.23. The van der Waals surface area contributed by atoms with E-state index in [4.69, 9.17) is 16.3 Å². The van der Waals surface area contributed by atoms with Gasteiger partial charge in [-0.25, -0.2) is 4.39 Å². The van der Waals surface area contributed by atoms with Gasteiger partial charge in [-0.3, -0.25) is 19.3 Å². The van der Waals surface area contributed by atoms with Crippen molar-refractivity contribution in [1.82, 2.24) is 20.1 Å². The van der Waals surface area contributed by atoms with Crippen molar-refractivity contribution in [2.75, 3.05) is 5.32 Å². The van der Waals surface area contributed by atoms with Crippen LogP contribution < -0.4 is 15.4 Å². The fourth-order valence-electron chi connectivity index (χ4n) is 4.04. The number of carbonyl (C=O) groups is 2. The second-order valence-corrected chi connectivity index (χ2v) is 11.5. The summed E-state index contributed by atoms with van der Waals surface area (Å²) >= 11 is 6.44. The summed E-state index contributed by atoms with van der Waals surface area (Å²) in [5.41, 5.74) is 1.34. The summed E-state index contributed by atoms with van der Waals surface area (Å²) in [5.74, 6) is -0.763. The summed E-state index contributed by atoms with van der Waals surface area (Å²) < 4.78 is 22.8. The van der Waals surface area contributed by atoms with E-state index in [0.717, 1.165) is 18.9 Å². The van der Waals surface area contributed by atoms with Crippen LogP contribution in [-0.4, -0.2) is 32.1 Å². The SMILES string of the molecule is CC1(NC(=O)c2ccc3nccc(Oc4cc(F)c(CC(=O)Nc5cnn(C(C)(C)C)c5)cc4Cl)c3c2)CC1. The third kappa shape index (κ3) is 6.04. The van der Waals surface area contributed by atoms with Crippen LogP contribution in [0.15, 0.2) is 55.0 Å². The van der Waals surface area contributed by atoms with Crippen molar-refractivity contribution < 1.29 is 18.7 Å². The Morgan fingerprint density at radius 3 is 2.62 bits per heavy atom. The van der Waals surface area contributed by atoms with Crippen LogP contribution in [0, 0.1) is 5.82 Å². The van der Waals surface area contributed by atoms with Gasteiger partial charge in [-0.1, -0.05) is 11.6 Å². The van der Waals surface area contributed by atoms with Gasteiger partial charge in [-0.2, -0.15) is 5.10 Å². The monoisotopic (exact) mass is 549 g/mol. The molecule has 1 aliphatic carbocycles. The van der Waals surface area contributed by atoms with Crippen LogP contribution >= 0.6 is 11.6 Å². The molecule has 2 aromatic carbocycles. The van der Waals surface area contributed by atoms with Gasteiger partial charge >= 0.3 is 0 Å². The van der Waals surface area contributed by atoms with Gasteiger partial charge in [0.05, 0.1) is 34.4 Å². The minimum absolute atomic E-state index is 0.0811. The first-order valence-electron chi connectivity index (χ1n) is 12.6. The highest BCUT2D eigenvalue weighted by molar-refractivity contribution is 6.32. The molecule has 0 aliphatic heterocycles. The summed E-state index contributed by atoms with van der Waals surface area (Å²) in [6.45, 7) is 7.98. The minimum Gasteiger partial charge on any atom is -0.455 e. The van der Waals surface area contributed by atoms with Crippen molar-refractivity contribution in [3.63, 3.8) is 0 Å². The molecular weight excluding hydrogens is 521 g/mol. The van der Waals surface area contributed by atoms with Crippen LogP contribution in [0.3, 0.4) is 0 Å². The zero-order valence-electron chi connectivity index (χ0n) is 22.1. The molecule has 39 heavy (non-hydrogen) atoms. The number of fused-ring (bicyclic) bond motifs is 1. The van der Waals surface area contributed by atoms with Gasteiger partial charge in [0.2, 0.25) is 5.91 Å². The average Bonchev–Trinajstić information content (AvgIpc) is 3.39. The van der Waals surface area contributed by atoms with Crippen LogP contribution in [0.5, 0.6) is 11.5 Å². The topological polar surface area (TPSA) is 98.1 Å². The standard InChI is InChI=1S/C29H29ClFN5O3/c1-28(2,3)36-16-19(15-33-36)34-26(37)13-18-12-21(30)25(14-22(18)31)39-24-7-10-32-23-6-5-17(11-20(23)24)27(38)35-29(4)8-9-29/h5-7,10-12,14-16H,8-9,13H2,1-4H3,(H,34,37)(H,35,38). The molecule has 2 N–H and O–H groups in total. The molecule has 0 bridgehead atoms. The number of carbonyl (C=O) groups excluding carboxylic acids is 2. The van der Waals surface area contributed by atoms with Gasteiger partial charge in [-0.15, -0.1) is 0 Å². The molecule has 0 spiro atoms. The largest absolute Gasteiger partial charge is 0.455 e. The molecule has 10 heteroatoms. The fourth-order valence-corrected chi connectivity index (χ4v) is 4.27. The van der Waals surface area contributed by atoms with Crippen molar-refractivity contribution >= 4 is 40.0 Å². The van der Waals surface area contributed by atoms with E-state index in [9.17, 15) is 9.59 Å². The third-order valence-electron chi connectivity index (χ3n) is 6.60. The van der Waals surface area contributed by atoms with Gasteiger partial charge in [0, 0.05) is 34.9 Å². The van der Waals surface area contributed by atoms with Gasteiger partial charge in [0.1, 0.15) is 17.3 Å². The maximum absolute atomic E-state index is 15.0. The van der Waals surface area contributed by atoms with E-state index in [0.29, 0.717) is 27.9 Å². The van der Waals surface area contributed by atoms with Crippen molar-refractivity contribution in [2.45, 2.75) is 58.0 Å². The molecule has 2 heterocycles. The van der Waals surface area contributed by atoms with E-state index in [1.807, 2.05) is 27.7 Å². The highest BCUT2D eigenvalue weighted by Crippen LogP contribution is 2.37. The molecule has 5 rings (SSSR count). The van der Waals surface area contributed by atoms with Crippen molar-refractivity contribution in [3.05, 3.63) is 77.0 Å². The lowest BCUT2D eigenvalue weighted by molar-refractivity contribution is -0.115. The van der Waals surface area contributed by atoms with Crippen LogP contribution in [-0.2, 0) is 16.8 Å². The van der Waals surface area contributed by atoms with E-state index < -0.39 is 11.7 Å². The number of aromatic nitrogens is 3. The first-order valence-corrected chi connectivity index (χ1v) is 13.0. The Morgan fingerprint density at radius 1 is 1.15 bits per heavy atom. The molecule has 0 saturated heterocycles. The molecular formula is C29H29ClFN5O3. The molecule has 0 unspecified atom stereocenters. The second-order valence-electron chi connectivity index (χ2n) is 11.1. The molecule has 1 saturated carbocycles. The Kier molecular flexibility index (Phi) is 6.80.